The molecule has 1 aromatic heterocycles. The number of hydrogen-bond acceptors (Lipinski definition) is 5. The van der Waals surface area contributed by atoms with E-state index in [1.807, 2.05) is 12.1 Å². The molecule has 0 radical (unpaired) electrons. The molecule has 2 heterocycles. The van der Waals surface area contributed by atoms with E-state index in [0.717, 1.165) is 16.5 Å². The van der Waals surface area contributed by atoms with Crippen molar-refractivity contribution in [1.29, 1.82) is 0 Å². The first kappa shape index (κ1) is 22.6. The lowest BCUT2D eigenvalue weighted by atomic mass is 9.86. The summed E-state index contributed by atoms with van der Waals surface area (Å²) in [7, 11) is 1.57. The Bertz CT molecular complexity index is 1280. The number of carbonyl (C=O) groups excluding carboxylic acids is 1. The van der Waals surface area contributed by atoms with Crippen LogP contribution in [0.25, 0.3) is 16.5 Å². The molecule has 1 amide bonds. The monoisotopic (exact) mass is 445 g/mol. The van der Waals surface area contributed by atoms with Crippen molar-refractivity contribution in [1.82, 2.24) is 5.43 Å². The van der Waals surface area contributed by atoms with Gasteiger partial charge in [-0.3, -0.25) is 4.79 Å². The van der Waals surface area contributed by atoms with Crippen molar-refractivity contribution in [2.24, 2.45) is 5.10 Å². The fourth-order valence-electron chi connectivity index (χ4n) is 4.82. The van der Waals surface area contributed by atoms with Gasteiger partial charge in [0.05, 0.1) is 18.9 Å². The summed E-state index contributed by atoms with van der Waals surface area (Å²) in [6.45, 7) is 13.1. The molecule has 0 atom stereocenters. The minimum Gasteiger partial charge on any atom is -0.493 e. The highest BCUT2D eigenvalue weighted by Gasteiger charge is 2.33. The van der Waals surface area contributed by atoms with Crippen LogP contribution < -0.4 is 15.1 Å². The molecule has 172 valence electrons. The normalized spacial score (nSPS) is 15.2. The number of nitrogens with zero attached hydrogens (tertiary/aromatic N) is 2. The van der Waals surface area contributed by atoms with Gasteiger partial charge >= 0.3 is 5.91 Å². The Morgan fingerprint density at radius 2 is 1.97 bits per heavy atom. The van der Waals surface area contributed by atoms with Crippen molar-refractivity contribution in [3.8, 4) is 5.75 Å². The molecule has 0 bridgehead atoms. The second-order valence-electron chi connectivity index (χ2n) is 9.36. The molecule has 0 saturated heterocycles. The highest BCUT2D eigenvalue weighted by atomic mass is 16.5. The van der Waals surface area contributed by atoms with E-state index in [1.165, 1.54) is 16.8 Å². The Labute approximate surface area is 194 Å². The van der Waals surface area contributed by atoms with E-state index in [1.54, 1.807) is 25.5 Å². The highest BCUT2D eigenvalue weighted by molar-refractivity contribution is 5.98. The van der Waals surface area contributed by atoms with Crippen LogP contribution in [0.2, 0.25) is 0 Å². The van der Waals surface area contributed by atoms with Crippen LogP contribution in [0, 0.1) is 6.92 Å². The molecular formula is C27H31N3O3. The summed E-state index contributed by atoms with van der Waals surface area (Å²) in [6.07, 6.45) is 3.99. The van der Waals surface area contributed by atoms with Gasteiger partial charge < -0.3 is 14.1 Å². The number of furan rings is 1. The molecule has 0 spiro atoms. The number of amides is 1. The van der Waals surface area contributed by atoms with Crippen LogP contribution in [0.3, 0.4) is 0 Å². The summed E-state index contributed by atoms with van der Waals surface area (Å²) < 4.78 is 11.0. The predicted molar refractivity (Wildman–Crippen MR) is 134 cm³/mol. The number of benzene rings is 2. The molecule has 0 fully saturated rings. The van der Waals surface area contributed by atoms with Gasteiger partial charge in [-0.1, -0.05) is 18.2 Å². The van der Waals surface area contributed by atoms with Crippen LogP contribution in [-0.2, 0) is 0 Å². The molecule has 1 aliphatic heterocycles. The van der Waals surface area contributed by atoms with Crippen LogP contribution in [0.1, 0.15) is 61.9 Å². The number of allylic oxidation sites excluding steroid dienone is 1. The van der Waals surface area contributed by atoms with Gasteiger partial charge in [0.25, 0.3) is 0 Å². The summed E-state index contributed by atoms with van der Waals surface area (Å²) in [5.41, 5.74) is 8.76. The van der Waals surface area contributed by atoms with Crippen LogP contribution >= 0.6 is 0 Å². The number of aryl methyl sites for hydroxylation is 1. The van der Waals surface area contributed by atoms with Crippen molar-refractivity contribution < 1.29 is 13.9 Å². The molecular weight excluding hydrogens is 414 g/mol. The van der Waals surface area contributed by atoms with Gasteiger partial charge in [0.1, 0.15) is 0 Å². The summed E-state index contributed by atoms with van der Waals surface area (Å²) in [4.78, 5) is 15.0. The van der Waals surface area contributed by atoms with Crippen molar-refractivity contribution in [3.63, 3.8) is 0 Å². The Kier molecular flexibility index (Phi) is 5.78. The topological polar surface area (TPSA) is 67.1 Å². The molecule has 6 heteroatoms. The van der Waals surface area contributed by atoms with Crippen molar-refractivity contribution in [2.75, 3.05) is 12.0 Å². The first-order chi connectivity index (χ1) is 15.6. The van der Waals surface area contributed by atoms with Crippen molar-refractivity contribution in [2.45, 2.75) is 53.1 Å². The van der Waals surface area contributed by atoms with Crippen LogP contribution in [0.4, 0.5) is 5.69 Å². The number of carbonyl (C=O) groups is 1. The van der Waals surface area contributed by atoms with Gasteiger partial charge in [-0.2, -0.15) is 5.10 Å². The lowest BCUT2D eigenvalue weighted by molar-refractivity contribution is 0.0929. The standard InChI is InChI=1S/C27H31N3O3/c1-16(2)30-22-11-17(3)20(12-21(22)18(4)14-27(30,5)6)15-28-29-26(31)24-13-19-9-8-10-23(32-7)25(19)33-24/h8-16H,1-7H3,(H,29,31)/b28-15+. The largest absolute Gasteiger partial charge is 0.493 e. The molecule has 4 rings (SSSR count). The quantitative estimate of drug-likeness (QED) is 0.391. The second kappa shape index (κ2) is 8.43. The first-order valence-corrected chi connectivity index (χ1v) is 11.2. The molecule has 1 aliphatic rings. The Balaban J connectivity index is 1.58. The zero-order chi connectivity index (χ0) is 23.9. The second-order valence-corrected chi connectivity index (χ2v) is 9.36. The summed E-state index contributed by atoms with van der Waals surface area (Å²) in [5.74, 6) is 0.355. The minimum atomic E-state index is -0.413. The van der Waals surface area contributed by atoms with Crippen LogP contribution in [0.15, 0.2) is 52.0 Å². The molecule has 33 heavy (non-hydrogen) atoms. The molecule has 3 aromatic rings. The van der Waals surface area contributed by atoms with E-state index in [-0.39, 0.29) is 11.3 Å². The van der Waals surface area contributed by atoms with Gasteiger partial charge in [-0.15, -0.1) is 0 Å². The first-order valence-electron chi connectivity index (χ1n) is 11.2. The summed E-state index contributed by atoms with van der Waals surface area (Å²) in [6, 6.07) is 11.9. The van der Waals surface area contributed by atoms with Gasteiger partial charge in [-0.25, -0.2) is 5.43 Å². The third kappa shape index (κ3) is 4.13. The van der Waals surface area contributed by atoms with E-state index < -0.39 is 5.91 Å². The van der Waals surface area contributed by atoms with Crippen molar-refractivity contribution in [3.05, 3.63) is 64.9 Å². The molecule has 0 unspecified atom stereocenters. The average molecular weight is 446 g/mol. The van der Waals surface area contributed by atoms with Gasteiger partial charge in [0.15, 0.2) is 17.1 Å². The molecule has 6 nitrogen and oxygen atoms in total. The SMILES string of the molecule is COc1cccc2cc(C(=O)N/N=C/c3cc4c(cc3C)N(C(C)C)C(C)(C)C=C4C)oc12. The fourth-order valence-corrected chi connectivity index (χ4v) is 4.82. The number of rotatable bonds is 5. The number of fused-ring (bicyclic) bond motifs is 2. The van der Waals surface area contributed by atoms with E-state index in [2.05, 4.69) is 75.2 Å². The lowest BCUT2D eigenvalue weighted by Gasteiger charge is -2.46. The smallest absolute Gasteiger partial charge is 0.307 e. The van der Waals surface area contributed by atoms with Gasteiger partial charge in [0, 0.05) is 22.7 Å². The lowest BCUT2D eigenvalue weighted by Crippen LogP contribution is -2.49. The number of ether oxygens (including phenoxy) is 1. The third-order valence-corrected chi connectivity index (χ3v) is 6.10. The number of hydrazone groups is 1. The number of anilines is 1. The maximum absolute atomic E-state index is 12.6. The number of nitrogens with one attached hydrogen (secondary N) is 1. The average Bonchev–Trinajstić information content (AvgIpc) is 3.18. The van der Waals surface area contributed by atoms with E-state index in [4.69, 9.17) is 9.15 Å². The Morgan fingerprint density at radius 1 is 1.21 bits per heavy atom. The molecule has 1 N–H and O–H groups in total. The zero-order valence-electron chi connectivity index (χ0n) is 20.3. The minimum absolute atomic E-state index is 0.0590. The zero-order valence-corrected chi connectivity index (χ0v) is 20.3. The van der Waals surface area contributed by atoms with Crippen LogP contribution in [0.5, 0.6) is 5.75 Å². The Morgan fingerprint density at radius 3 is 2.67 bits per heavy atom. The predicted octanol–water partition coefficient (Wildman–Crippen LogP) is 5.92. The maximum Gasteiger partial charge on any atom is 0.307 e. The van der Waals surface area contributed by atoms with Gasteiger partial charge in [0.2, 0.25) is 0 Å². The molecule has 0 saturated carbocycles. The summed E-state index contributed by atoms with van der Waals surface area (Å²) in [5, 5.41) is 5.00. The Hall–Kier alpha value is -3.54. The van der Waals surface area contributed by atoms with Crippen LogP contribution in [-0.4, -0.2) is 30.8 Å². The highest BCUT2D eigenvalue weighted by Crippen LogP contribution is 2.41. The number of methoxy groups -OCH3 is 1. The van der Waals surface area contributed by atoms with E-state index in [0.29, 0.717) is 17.4 Å². The van der Waals surface area contributed by atoms with E-state index >= 15 is 0 Å². The molecule has 2 aromatic carbocycles. The molecule has 0 aliphatic carbocycles. The summed E-state index contributed by atoms with van der Waals surface area (Å²) >= 11 is 0. The fraction of sp³-hybridized carbons (Fsp3) is 0.333. The maximum atomic E-state index is 12.6. The third-order valence-electron chi connectivity index (χ3n) is 6.10. The van der Waals surface area contributed by atoms with E-state index in [9.17, 15) is 4.79 Å². The number of hydrogen-bond donors (Lipinski definition) is 1. The number of para-hydroxylation sites is 1. The van der Waals surface area contributed by atoms with Gasteiger partial charge in [-0.05, 0) is 82.5 Å². The van der Waals surface area contributed by atoms with Crippen molar-refractivity contribution >= 4 is 34.4 Å².